The summed E-state index contributed by atoms with van der Waals surface area (Å²) >= 11 is 6.28. The van der Waals surface area contributed by atoms with E-state index in [1.54, 1.807) is 17.0 Å². The Labute approximate surface area is 266 Å². The van der Waals surface area contributed by atoms with Gasteiger partial charge < -0.3 is 15.0 Å². The van der Waals surface area contributed by atoms with Gasteiger partial charge in [0.25, 0.3) is 0 Å². The standard InChI is InChI=1S/C34H42ClN3O5S/c1-43-32-21-20-29(24-30(32)35)38(44(2,41)42)22-12-19-33(39)37(25-27-15-8-4-9-16-27)31(23-26-13-6-3-7-14-26)34(40)36-28-17-10-5-11-18-28/h3-4,6-9,13-16,20-21,24,28,31H,5,10-12,17-19,22-23,25H2,1-2H3,(H,36,40)/t31-/m0/s1. The second-order valence-electron chi connectivity index (χ2n) is 11.3. The molecule has 0 bridgehead atoms. The molecule has 1 aliphatic carbocycles. The Kier molecular flexibility index (Phi) is 12.1. The smallest absolute Gasteiger partial charge is 0.243 e. The number of amides is 2. The fourth-order valence-corrected chi connectivity index (χ4v) is 6.90. The van der Waals surface area contributed by atoms with Gasteiger partial charge in [0.1, 0.15) is 11.8 Å². The molecule has 8 nitrogen and oxygen atoms in total. The van der Waals surface area contributed by atoms with Gasteiger partial charge in [-0.3, -0.25) is 13.9 Å². The summed E-state index contributed by atoms with van der Waals surface area (Å²) in [4.78, 5) is 29.6. The summed E-state index contributed by atoms with van der Waals surface area (Å²) in [7, 11) is -2.17. The third-order valence-electron chi connectivity index (χ3n) is 7.99. The van der Waals surface area contributed by atoms with E-state index in [0.29, 0.717) is 17.9 Å². The molecule has 3 aromatic carbocycles. The topological polar surface area (TPSA) is 96.0 Å². The number of carbonyl (C=O) groups excluding carboxylic acids is 2. The molecular weight excluding hydrogens is 598 g/mol. The molecule has 0 radical (unpaired) electrons. The highest BCUT2D eigenvalue weighted by molar-refractivity contribution is 7.92. The average Bonchev–Trinajstić information content (AvgIpc) is 3.01. The van der Waals surface area contributed by atoms with Gasteiger partial charge in [0, 0.05) is 32.0 Å². The van der Waals surface area contributed by atoms with E-state index in [1.807, 2.05) is 60.7 Å². The van der Waals surface area contributed by atoms with Crippen LogP contribution in [-0.2, 0) is 32.6 Å². The number of rotatable bonds is 14. The minimum absolute atomic E-state index is 0.0603. The molecule has 2 amide bonds. The molecule has 0 aliphatic heterocycles. The van der Waals surface area contributed by atoms with Crippen molar-refractivity contribution in [2.45, 2.75) is 70.0 Å². The van der Waals surface area contributed by atoms with Crippen molar-refractivity contribution in [3.05, 3.63) is 95.0 Å². The molecule has 0 aromatic heterocycles. The number of carbonyl (C=O) groups is 2. The Morgan fingerprint density at radius 2 is 1.59 bits per heavy atom. The second-order valence-corrected chi connectivity index (χ2v) is 13.6. The first-order chi connectivity index (χ1) is 21.2. The number of hydrogen-bond acceptors (Lipinski definition) is 5. The third kappa shape index (κ3) is 9.47. The maximum absolute atomic E-state index is 14.0. The number of benzene rings is 3. The molecule has 1 atom stereocenters. The summed E-state index contributed by atoms with van der Waals surface area (Å²) in [6, 6.07) is 23.5. The van der Waals surface area contributed by atoms with E-state index in [1.165, 1.54) is 23.9 Å². The SMILES string of the molecule is COc1ccc(N(CCCC(=O)N(Cc2ccccc2)[C@@H](Cc2ccccc2)C(=O)NC2CCCCC2)S(C)(=O)=O)cc1Cl. The van der Waals surface area contributed by atoms with Crippen LogP contribution < -0.4 is 14.4 Å². The van der Waals surface area contributed by atoms with Crippen molar-refractivity contribution in [2.24, 2.45) is 0 Å². The van der Waals surface area contributed by atoms with Crippen LogP contribution in [0.1, 0.15) is 56.1 Å². The van der Waals surface area contributed by atoms with E-state index in [-0.39, 0.29) is 48.8 Å². The zero-order chi connectivity index (χ0) is 31.5. The van der Waals surface area contributed by atoms with Gasteiger partial charge in [-0.15, -0.1) is 0 Å². The van der Waals surface area contributed by atoms with Crippen LogP contribution in [0.25, 0.3) is 0 Å². The quantitative estimate of drug-likeness (QED) is 0.234. The van der Waals surface area contributed by atoms with Gasteiger partial charge in [-0.25, -0.2) is 8.42 Å². The first-order valence-corrected chi connectivity index (χ1v) is 17.4. The summed E-state index contributed by atoms with van der Waals surface area (Å²) in [5.41, 5.74) is 2.26. The molecule has 0 heterocycles. The largest absolute Gasteiger partial charge is 0.495 e. The number of methoxy groups -OCH3 is 1. The molecule has 10 heteroatoms. The molecule has 0 unspecified atom stereocenters. The monoisotopic (exact) mass is 639 g/mol. The molecule has 1 aliphatic rings. The van der Waals surface area contributed by atoms with Crippen LogP contribution in [0.3, 0.4) is 0 Å². The van der Waals surface area contributed by atoms with Crippen molar-refractivity contribution in [2.75, 3.05) is 24.2 Å². The molecule has 236 valence electrons. The van der Waals surface area contributed by atoms with Crippen LogP contribution in [0, 0.1) is 0 Å². The van der Waals surface area contributed by atoms with Crippen LogP contribution in [0.4, 0.5) is 5.69 Å². The van der Waals surface area contributed by atoms with E-state index in [9.17, 15) is 18.0 Å². The van der Waals surface area contributed by atoms with Gasteiger partial charge in [-0.1, -0.05) is 91.5 Å². The molecule has 1 N–H and O–H groups in total. The fraction of sp³-hybridized carbons (Fsp3) is 0.412. The van der Waals surface area contributed by atoms with Crippen LogP contribution in [0.2, 0.25) is 5.02 Å². The predicted octanol–water partition coefficient (Wildman–Crippen LogP) is 5.98. The summed E-state index contributed by atoms with van der Waals surface area (Å²) in [6.45, 7) is 0.336. The van der Waals surface area contributed by atoms with Crippen molar-refractivity contribution in [1.82, 2.24) is 10.2 Å². The highest BCUT2D eigenvalue weighted by Crippen LogP contribution is 2.30. The molecule has 4 rings (SSSR count). The Morgan fingerprint density at radius 1 is 0.955 bits per heavy atom. The number of halogens is 1. The molecule has 0 spiro atoms. The molecule has 44 heavy (non-hydrogen) atoms. The first kappa shape index (κ1) is 33.3. The Balaban J connectivity index is 1.57. The molecule has 1 fully saturated rings. The maximum atomic E-state index is 14.0. The minimum Gasteiger partial charge on any atom is -0.495 e. The van der Waals surface area contributed by atoms with Crippen molar-refractivity contribution in [3.8, 4) is 5.75 Å². The lowest BCUT2D eigenvalue weighted by Gasteiger charge is -2.34. The number of nitrogens with zero attached hydrogens (tertiary/aromatic N) is 2. The molecular formula is C34H42ClN3O5S. The first-order valence-electron chi connectivity index (χ1n) is 15.1. The van der Waals surface area contributed by atoms with Crippen LogP contribution in [0.5, 0.6) is 5.75 Å². The summed E-state index contributed by atoms with van der Waals surface area (Å²) in [5.74, 6) is 0.0667. The van der Waals surface area contributed by atoms with Gasteiger partial charge in [0.15, 0.2) is 0 Å². The molecule has 1 saturated carbocycles. The maximum Gasteiger partial charge on any atom is 0.243 e. The molecule has 3 aromatic rings. The number of anilines is 1. The summed E-state index contributed by atoms with van der Waals surface area (Å²) in [5, 5.41) is 3.54. The van der Waals surface area contributed by atoms with Gasteiger partial charge in [-0.05, 0) is 48.6 Å². The van der Waals surface area contributed by atoms with Crippen molar-refractivity contribution in [3.63, 3.8) is 0 Å². The second kappa shape index (κ2) is 16.0. The van der Waals surface area contributed by atoms with Gasteiger partial charge in [0.05, 0.1) is 24.1 Å². The Morgan fingerprint density at radius 3 is 2.18 bits per heavy atom. The Bertz CT molecular complexity index is 1480. The number of sulfonamides is 1. The van der Waals surface area contributed by atoms with Crippen LogP contribution >= 0.6 is 11.6 Å². The normalized spacial score (nSPS) is 14.4. The van der Waals surface area contributed by atoms with E-state index >= 15 is 0 Å². The lowest BCUT2D eigenvalue weighted by atomic mass is 9.94. The number of nitrogens with one attached hydrogen (secondary N) is 1. The zero-order valence-electron chi connectivity index (χ0n) is 25.5. The predicted molar refractivity (Wildman–Crippen MR) is 175 cm³/mol. The van der Waals surface area contributed by atoms with Crippen molar-refractivity contribution < 1.29 is 22.7 Å². The van der Waals surface area contributed by atoms with E-state index in [0.717, 1.165) is 43.1 Å². The fourth-order valence-electron chi connectivity index (χ4n) is 5.69. The van der Waals surface area contributed by atoms with E-state index < -0.39 is 16.1 Å². The minimum atomic E-state index is -3.66. The number of hydrogen-bond donors (Lipinski definition) is 1. The lowest BCUT2D eigenvalue weighted by Crippen LogP contribution is -2.52. The molecule has 0 saturated heterocycles. The van der Waals surface area contributed by atoms with E-state index in [2.05, 4.69) is 5.32 Å². The number of ether oxygens (including phenoxy) is 1. The van der Waals surface area contributed by atoms with Crippen molar-refractivity contribution in [1.29, 1.82) is 0 Å². The highest BCUT2D eigenvalue weighted by atomic mass is 35.5. The van der Waals surface area contributed by atoms with Gasteiger partial charge in [0.2, 0.25) is 21.8 Å². The average molecular weight is 640 g/mol. The van der Waals surface area contributed by atoms with E-state index in [4.69, 9.17) is 16.3 Å². The summed E-state index contributed by atoms with van der Waals surface area (Å²) < 4.78 is 31.9. The van der Waals surface area contributed by atoms with Crippen LogP contribution in [-0.4, -0.2) is 57.1 Å². The third-order valence-corrected chi connectivity index (χ3v) is 9.48. The zero-order valence-corrected chi connectivity index (χ0v) is 27.0. The van der Waals surface area contributed by atoms with Crippen LogP contribution in [0.15, 0.2) is 78.9 Å². The lowest BCUT2D eigenvalue weighted by molar-refractivity contribution is -0.141. The Hall–Kier alpha value is -3.56. The summed E-state index contributed by atoms with van der Waals surface area (Å²) in [6.07, 6.45) is 7.02. The van der Waals surface area contributed by atoms with Gasteiger partial charge in [-0.2, -0.15) is 0 Å². The van der Waals surface area contributed by atoms with Gasteiger partial charge >= 0.3 is 0 Å². The highest BCUT2D eigenvalue weighted by Gasteiger charge is 2.32. The van der Waals surface area contributed by atoms with Crippen molar-refractivity contribution >= 4 is 39.1 Å².